The Bertz CT molecular complexity index is 971. The second-order valence-corrected chi connectivity index (χ2v) is 9.39. The van der Waals surface area contributed by atoms with Gasteiger partial charge in [-0.2, -0.15) is 0 Å². The van der Waals surface area contributed by atoms with Gasteiger partial charge >= 0.3 is 12.1 Å². The number of hydrogen-bond donors (Lipinski definition) is 1. The molecule has 1 fully saturated rings. The van der Waals surface area contributed by atoms with E-state index < -0.39 is 30.7 Å². The van der Waals surface area contributed by atoms with Crippen LogP contribution in [0.5, 0.6) is 0 Å². The van der Waals surface area contributed by atoms with Gasteiger partial charge in [0.2, 0.25) is 5.91 Å². The lowest BCUT2D eigenvalue weighted by Gasteiger charge is -2.33. The van der Waals surface area contributed by atoms with Crippen LogP contribution in [0.3, 0.4) is 0 Å². The van der Waals surface area contributed by atoms with Gasteiger partial charge in [-0.1, -0.05) is 30.7 Å². The first-order valence-corrected chi connectivity index (χ1v) is 12.0. The van der Waals surface area contributed by atoms with E-state index in [0.29, 0.717) is 12.1 Å². The molecule has 0 radical (unpaired) electrons. The molecule has 1 N–H and O–H groups in total. The molecule has 170 valence electrons. The third-order valence-electron chi connectivity index (χ3n) is 6.29. The number of benzene rings is 1. The van der Waals surface area contributed by atoms with E-state index in [0.717, 1.165) is 42.5 Å². The molecule has 2 aliphatic rings. The predicted molar refractivity (Wildman–Crippen MR) is 122 cm³/mol. The van der Waals surface area contributed by atoms with Gasteiger partial charge in [-0.05, 0) is 55.7 Å². The summed E-state index contributed by atoms with van der Waals surface area (Å²) in [7, 11) is 0. The summed E-state index contributed by atoms with van der Waals surface area (Å²) in [6.07, 6.45) is 4.54. The molecule has 2 amide bonds. The Kier molecular flexibility index (Phi) is 6.79. The van der Waals surface area contributed by atoms with Gasteiger partial charge < -0.3 is 14.7 Å². The van der Waals surface area contributed by atoms with Crippen LogP contribution in [0.4, 0.5) is 10.5 Å². The van der Waals surface area contributed by atoms with Crippen molar-refractivity contribution in [3.63, 3.8) is 0 Å². The molecule has 1 aliphatic heterocycles. The van der Waals surface area contributed by atoms with E-state index in [2.05, 4.69) is 0 Å². The van der Waals surface area contributed by atoms with Crippen LogP contribution >= 0.6 is 11.3 Å². The van der Waals surface area contributed by atoms with E-state index in [1.165, 1.54) is 21.1 Å². The van der Waals surface area contributed by atoms with Crippen molar-refractivity contribution in [1.82, 2.24) is 4.90 Å². The lowest BCUT2D eigenvalue weighted by Crippen LogP contribution is -2.52. The number of ether oxygens (including phenoxy) is 1. The molecule has 7 nitrogen and oxygen atoms in total. The summed E-state index contributed by atoms with van der Waals surface area (Å²) in [5.74, 6) is -1.47. The molecular weight excluding hydrogens is 428 g/mol. The smallest absolute Gasteiger partial charge is 0.415 e. The molecule has 1 aromatic heterocycles. The molecule has 1 aromatic carbocycles. The zero-order valence-corrected chi connectivity index (χ0v) is 18.9. The number of carboxylic acids is 1. The molecule has 4 rings (SSSR count). The van der Waals surface area contributed by atoms with Gasteiger partial charge in [-0.15, -0.1) is 11.3 Å². The number of rotatable bonds is 6. The fourth-order valence-corrected chi connectivity index (χ4v) is 5.41. The Morgan fingerprint density at radius 1 is 1.16 bits per heavy atom. The van der Waals surface area contributed by atoms with Crippen molar-refractivity contribution in [2.45, 2.75) is 63.6 Å². The molecule has 1 saturated carbocycles. The maximum Gasteiger partial charge on any atom is 0.415 e. The Morgan fingerprint density at radius 2 is 1.91 bits per heavy atom. The molecule has 0 bridgehead atoms. The first-order chi connectivity index (χ1) is 15.5. The minimum absolute atomic E-state index is 0.139. The average Bonchev–Trinajstić information content (AvgIpc) is 3.45. The maximum absolute atomic E-state index is 13.7. The number of carbonyl (C=O) groups excluding carboxylic acids is 2. The normalized spacial score (nSPS) is 19.3. The first kappa shape index (κ1) is 22.3. The molecular formula is C24H28N2O5S. The van der Waals surface area contributed by atoms with Crippen LogP contribution in [-0.2, 0) is 20.7 Å². The molecule has 2 heterocycles. The van der Waals surface area contributed by atoms with Crippen molar-refractivity contribution in [2.75, 3.05) is 11.4 Å². The summed E-state index contributed by atoms with van der Waals surface area (Å²) in [5.41, 5.74) is 1.54. The van der Waals surface area contributed by atoms with E-state index in [-0.39, 0.29) is 12.0 Å². The van der Waals surface area contributed by atoms with E-state index in [1.807, 2.05) is 48.7 Å². The summed E-state index contributed by atoms with van der Waals surface area (Å²) in [6.45, 7) is 1.38. The van der Waals surface area contributed by atoms with Gasteiger partial charge in [0, 0.05) is 11.3 Å². The van der Waals surface area contributed by atoms with Gasteiger partial charge in [-0.3, -0.25) is 14.5 Å². The standard InChI is InChI=1S/C24H28N2O5S/c1-16(21-12-7-13-32-21)25(15-22(27)28)23(29)20-14-17-8-5-6-11-19(17)26(20)24(30)31-18-9-3-2-4-10-18/h5-8,11-13,16,18,20H,2-4,9-10,14-15H2,1H3,(H,27,28)/t16?,20-/m1/s1. The van der Waals surface area contributed by atoms with Crippen LogP contribution in [0.15, 0.2) is 41.8 Å². The Balaban J connectivity index is 1.62. The van der Waals surface area contributed by atoms with Crippen molar-refractivity contribution in [2.24, 2.45) is 0 Å². The lowest BCUT2D eigenvalue weighted by atomic mass is 9.98. The van der Waals surface area contributed by atoms with Gasteiger partial charge in [0.25, 0.3) is 0 Å². The molecule has 8 heteroatoms. The summed E-state index contributed by atoms with van der Waals surface area (Å²) in [5, 5.41) is 11.4. The number of anilines is 1. The number of carboxylic acid groups (broad SMARTS) is 1. The highest BCUT2D eigenvalue weighted by Crippen LogP contribution is 2.36. The minimum Gasteiger partial charge on any atom is -0.480 e. The van der Waals surface area contributed by atoms with Gasteiger partial charge in [0.05, 0.1) is 11.7 Å². The SMILES string of the molecule is CC(c1cccs1)N(CC(=O)O)C(=O)[C@H]1Cc2ccccc2N1C(=O)OC1CCCCC1. The molecule has 1 unspecified atom stereocenters. The quantitative estimate of drug-likeness (QED) is 0.685. The number of para-hydroxylation sites is 1. The van der Waals surface area contributed by atoms with E-state index in [4.69, 9.17) is 4.74 Å². The molecule has 2 aromatic rings. The van der Waals surface area contributed by atoms with Gasteiger partial charge in [0.1, 0.15) is 18.7 Å². The van der Waals surface area contributed by atoms with Crippen molar-refractivity contribution in [3.05, 3.63) is 52.2 Å². The van der Waals surface area contributed by atoms with Crippen LogP contribution in [0.2, 0.25) is 0 Å². The van der Waals surface area contributed by atoms with Gasteiger partial charge in [-0.25, -0.2) is 4.79 Å². The monoisotopic (exact) mass is 456 g/mol. The fourth-order valence-electron chi connectivity index (χ4n) is 4.62. The molecule has 0 spiro atoms. The van der Waals surface area contributed by atoms with Crippen molar-refractivity contribution in [3.8, 4) is 0 Å². The van der Waals surface area contributed by atoms with E-state index in [1.54, 1.807) is 0 Å². The molecule has 0 saturated heterocycles. The summed E-state index contributed by atoms with van der Waals surface area (Å²) < 4.78 is 5.81. The van der Waals surface area contributed by atoms with Crippen molar-refractivity contribution in [1.29, 1.82) is 0 Å². The fraction of sp³-hybridized carbons (Fsp3) is 0.458. The second kappa shape index (κ2) is 9.73. The van der Waals surface area contributed by atoms with Gasteiger partial charge in [0.15, 0.2) is 0 Å². The highest BCUT2D eigenvalue weighted by Gasteiger charge is 2.43. The topological polar surface area (TPSA) is 87.2 Å². The zero-order chi connectivity index (χ0) is 22.7. The summed E-state index contributed by atoms with van der Waals surface area (Å²) in [6, 6.07) is 9.93. The average molecular weight is 457 g/mol. The van der Waals surface area contributed by atoms with Crippen LogP contribution in [-0.4, -0.2) is 46.7 Å². The maximum atomic E-state index is 13.7. The highest BCUT2D eigenvalue weighted by molar-refractivity contribution is 7.10. The third kappa shape index (κ3) is 4.65. The number of amides is 2. The van der Waals surface area contributed by atoms with E-state index >= 15 is 0 Å². The van der Waals surface area contributed by atoms with E-state index in [9.17, 15) is 19.5 Å². The number of nitrogens with zero attached hydrogens (tertiary/aromatic N) is 2. The second-order valence-electron chi connectivity index (χ2n) is 8.41. The third-order valence-corrected chi connectivity index (χ3v) is 7.33. The number of fused-ring (bicyclic) bond motifs is 1. The number of aliphatic carboxylic acids is 1. The Hall–Kier alpha value is -2.87. The first-order valence-electron chi connectivity index (χ1n) is 11.1. The Labute approximate surface area is 191 Å². The van der Waals surface area contributed by atoms with Crippen molar-refractivity contribution < 1.29 is 24.2 Å². The number of hydrogen-bond acceptors (Lipinski definition) is 5. The van der Waals surface area contributed by atoms with Crippen LogP contribution in [0, 0.1) is 0 Å². The molecule has 32 heavy (non-hydrogen) atoms. The number of carbonyl (C=O) groups is 3. The Morgan fingerprint density at radius 3 is 2.59 bits per heavy atom. The largest absolute Gasteiger partial charge is 0.480 e. The summed E-state index contributed by atoms with van der Waals surface area (Å²) >= 11 is 1.47. The van der Waals surface area contributed by atoms with Crippen LogP contribution in [0.1, 0.15) is 55.5 Å². The predicted octanol–water partition coefficient (Wildman–Crippen LogP) is 4.62. The van der Waals surface area contributed by atoms with Crippen LogP contribution < -0.4 is 4.90 Å². The lowest BCUT2D eigenvalue weighted by molar-refractivity contribution is -0.146. The van der Waals surface area contributed by atoms with Crippen LogP contribution in [0.25, 0.3) is 0 Å². The number of thiophene rings is 1. The highest BCUT2D eigenvalue weighted by atomic mass is 32.1. The van der Waals surface area contributed by atoms with Crippen molar-refractivity contribution >= 4 is 35.0 Å². The molecule has 1 aliphatic carbocycles. The minimum atomic E-state index is -1.09. The zero-order valence-electron chi connectivity index (χ0n) is 18.1. The molecule has 2 atom stereocenters. The summed E-state index contributed by atoms with van der Waals surface area (Å²) in [4.78, 5) is 42.2.